The number of aromatic nitrogens is 3. The van der Waals surface area contributed by atoms with Crippen molar-refractivity contribution in [2.24, 2.45) is 5.92 Å². The van der Waals surface area contributed by atoms with Gasteiger partial charge in [-0.25, -0.2) is 9.97 Å². The van der Waals surface area contributed by atoms with Gasteiger partial charge in [0, 0.05) is 41.6 Å². The van der Waals surface area contributed by atoms with Crippen LogP contribution in [0.5, 0.6) is 11.8 Å². The van der Waals surface area contributed by atoms with Gasteiger partial charge in [0.25, 0.3) is 5.91 Å². The van der Waals surface area contributed by atoms with Crippen molar-refractivity contribution in [3.63, 3.8) is 0 Å². The third-order valence-corrected chi connectivity index (χ3v) is 7.07. The summed E-state index contributed by atoms with van der Waals surface area (Å²) in [5.74, 6) is 1.25. The maximum Gasteiger partial charge on any atom is 0.321 e. The van der Waals surface area contributed by atoms with Crippen molar-refractivity contribution in [1.82, 2.24) is 19.9 Å². The summed E-state index contributed by atoms with van der Waals surface area (Å²) in [6.45, 7) is 0. The van der Waals surface area contributed by atoms with Gasteiger partial charge in [0.05, 0.1) is 5.52 Å². The van der Waals surface area contributed by atoms with E-state index in [1.807, 2.05) is 30.5 Å². The first kappa shape index (κ1) is 20.8. The maximum absolute atomic E-state index is 13.5. The lowest BCUT2D eigenvalue weighted by atomic mass is 9.85. The van der Waals surface area contributed by atoms with Gasteiger partial charge in [-0.15, -0.1) is 0 Å². The van der Waals surface area contributed by atoms with Crippen molar-refractivity contribution in [3.8, 4) is 11.8 Å². The van der Waals surface area contributed by atoms with Crippen LogP contribution in [0.4, 0.5) is 0 Å². The lowest BCUT2D eigenvalue weighted by Gasteiger charge is -2.39. The molecule has 0 radical (unpaired) electrons. The quantitative estimate of drug-likeness (QED) is 0.405. The molecule has 0 spiro atoms. The normalized spacial score (nSPS) is 21.5. The van der Waals surface area contributed by atoms with E-state index in [2.05, 4.69) is 44.1 Å². The largest absolute Gasteiger partial charge is 0.424 e. The zero-order valence-electron chi connectivity index (χ0n) is 18.9. The summed E-state index contributed by atoms with van der Waals surface area (Å²) in [5.41, 5.74) is 2.98. The van der Waals surface area contributed by atoms with Crippen LogP contribution in [0.2, 0.25) is 0 Å². The van der Waals surface area contributed by atoms with Crippen LogP contribution in [0.15, 0.2) is 79.3 Å². The Kier molecular flexibility index (Phi) is 5.41. The highest BCUT2D eigenvalue weighted by Gasteiger charge is 2.43. The molecule has 0 saturated carbocycles. The number of piperidine rings is 1. The van der Waals surface area contributed by atoms with Crippen LogP contribution in [0.3, 0.4) is 0 Å². The van der Waals surface area contributed by atoms with Gasteiger partial charge in [0.2, 0.25) is 0 Å². The minimum Gasteiger partial charge on any atom is -0.424 e. The van der Waals surface area contributed by atoms with E-state index in [-0.39, 0.29) is 11.9 Å². The Morgan fingerprint density at radius 1 is 0.912 bits per heavy atom. The molecule has 4 heterocycles. The molecule has 0 aliphatic carbocycles. The van der Waals surface area contributed by atoms with E-state index in [0.29, 0.717) is 29.3 Å². The molecule has 2 bridgehead atoms. The monoisotopic (exact) mass is 450 g/mol. The SMILES string of the molecule is O=C(c1cccc(Oc2ncccn2)c1)N1[C@H]2CC[C@H]1CC(Cc1cnc3ccccc3c1)C2. The van der Waals surface area contributed by atoms with E-state index in [9.17, 15) is 4.79 Å². The molecule has 2 aromatic heterocycles. The number of ether oxygens (including phenoxy) is 1. The Bertz CT molecular complexity index is 1310. The molecule has 2 saturated heterocycles. The Morgan fingerprint density at radius 3 is 2.53 bits per heavy atom. The fraction of sp³-hybridized carbons (Fsp3) is 0.286. The van der Waals surface area contributed by atoms with E-state index in [4.69, 9.17) is 4.74 Å². The standard InChI is InChI=1S/C28H26N4O2/c33-27(22-6-3-7-25(17-22)34-28-29-11-4-12-30-28)32-23-9-10-24(32)16-19(15-23)13-20-14-21-5-1-2-8-26(21)31-18-20/h1-8,11-12,14,17-19,23-24H,9-10,13,15-16H2/t23-,24-/m0/s1. The average molecular weight is 451 g/mol. The van der Waals surface area contributed by atoms with E-state index in [1.54, 1.807) is 24.5 Å². The highest BCUT2D eigenvalue weighted by molar-refractivity contribution is 5.95. The van der Waals surface area contributed by atoms with Crippen molar-refractivity contribution in [1.29, 1.82) is 0 Å². The third kappa shape index (κ3) is 4.12. The topological polar surface area (TPSA) is 68.2 Å². The Balaban J connectivity index is 1.15. The first-order chi connectivity index (χ1) is 16.7. The number of carbonyl (C=O) groups is 1. The van der Waals surface area contributed by atoms with Crippen LogP contribution in [0.1, 0.15) is 41.6 Å². The fourth-order valence-corrected chi connectivity index (χ4v) is 5.63. The molecule has 6 rings (SSSR count). The highest BCUT2D eigenvalue weighted by atomic mass is 16.5. The van der Waals surface area contributed by atoms with Gasteiger partial charge >= 0.3 is 6.01 Å². The lowest BCUT2D eigenvalue weighted by Crippen LogP contribution is -2.46. The molecule has 2 aliphatic heterocycles. The minimum atomic E-state index is 0.0951. The fourth-order valence-electron chi connectivity index (χ4n) is 5.63. The Morgan fingerprint density at radius 2 is 1.71 bits per heavy atom. The first-order valence-electron chi connectivity index (χ1n) is 11.9. The number of nitrogens with zero attached hydrogens (tertiary/aromatic N) is 4. The number of carbonyl (C=O) groups excluding carboxylic acids is 1. The number of benzene rings is 2. The third-order valence-electron chi connectivity index (χ3n) is 7.07. The maximum atomic E-state index is 13.5. The Hall–Kier alpha value is -3.80. The van der Waals surface area contributed by atoms with Gasteiger partial charge in [-0.2, -0.15) is 0 Å². The van der Waals surface area contributed by atoms with Gasteiger partial charge in [0.15, 0.2) is 0 Å². The van der Waals surface area contributed by atoms with Crippen LogP contribution < -0.4 is 4.74 Å². The Labute approximate surface area is 198 Å². The van der Waals surface area contributed by atoms with Gasteiger partial charge in [-0.1, -0.05) is 24.3 Å². The van der Waals surface area contributed by atoms with Crippen molar-refractivity contribution >= 4 is 16.8 Å². The highest BCUT2D eigenvalue weighted by Crippen LogP contribution is 2.41. The van der Waals surface area contributed by atoms with Crippen LogP contribution in [0, 0.1) is 5.92 Å². The summed E-state index contributed by atoms with van der Waals surface area (Å²) in [5, 5.41) is 1.19. The zero-order chi connectivity index (χ0) is 22.9. The number of hydrogen-bond donors (Lipinski definition) is 0. The molecule has 0 unspecified atom stereocenters. The molecule has 170 valence electrons. The van der Waals surface area contributed by atoms with Crippen LogP contribution in [-0.4, -0.2) is 37.8 Å². The second-order valence-corrected chi connectivity index (χ2v) is 9.34. The van der Waals surface area contributed by atoms with E-state index < -0.39 is 0 Å². The summed E-state index contributed by atoms with van der Waals surface area (Å²) in [6, 6.07) is 20.5. The van der Waals surface area contributed by atoms with Gasteiger partial charge in [-0.05, 0) is 80.0 Å². The summed E-state index contributed by atoms with van der Waals surface area (Å²) >= 11 is 0. The first-order valence-corrected chi connectivity index (χ1v) is 11.9. The summed E-state index contributed by atoms with van der Waals surface area (Å²) in [4.78, 5) is 28.5. The predicted molar refractivity (Wildman–Crippen MR) is 130 cm³/mol. The zero-order valence-corrected chi connectivity index (χ0v) is 18.9. The average Bonchev–Trinajstić information content (AvgIpc) is 3.14. The molecule has 2 atom stereocenters. The van der Waals surface area contributed by atoms with Crippen molar-refractivity contribution in [2.75, 3.05) is 0 Å². The van der Waals surface area contributed by atoms with Crippen LogP contribution in [0.25, 0.3) is 10.9 Å². The van der Waals surface area contributed by atoms with E-state index >= 15 is 0 Å². The van der Waals surface area contributed by atoms with Crippen molar-refractivity contribution < 1.29 is 9.53 Å². The molecule has 6 nitrogen and oxygen atoms in total. The number of amides is 1. The molecule has 0 N–H and O–H groups in total. The molecule has 4 aromatic rings. The smallest absolute Gasteiger partial charge is 0.321 e. The van der Waals surface area contributed by atoms with E-state index in [0.717, 1.165) is 37.6 Å². The molecular weight excluding hydrogens is 424 g/mol. The molecule has 2 aromatic carbocycles. The number of fused-ring (bicyclic) bond motifs is 3. The van der Waals surface area contributed by atoms with E-state index in [1.165, 1.54) is 10.9 Å². The van der Waals surface area contributed by atoms with Crippen molar-refractivity contribution in [2.45, 2.75) is 44.2 Å². The molecule has 2 fully saturated rings. The van der Waals surface area contributed by atoms with Gasteiger partial charge in [0.1, 0.15) is 5.75 Å². The summed E-state index contributed by atoms with van der Waals surface area (Å²) < 4.78 is 5.74. The van der Waals surface area contributed by atoms with Crippen LogP contribution in [-0.2, 0) is 6.42 Å². The second kappa shape index (κ2) is 8.86. The van der Waals surface area contributed by atoms with Crippen LogP contribution >= 0.6 is 0 Å². The molecule has 34 heavy (non-hydrogen) atoms. The second-order valence-electron chi connectivity index (χ2n) is 9.34. The number of hydrogen-bond acceptors (Lipinski definition) is 5. The van der Waals surface area contributed by atoms with Crippen molar-refractivity contribution in [3.05, 3.63) is 90.4 Å². The number of para-hydroxylation sites is 1. The molecule has 2 aliphatic rings. The lowest BCUT2D eigenvalue weighted by molar-refractivity contribution is 0.0524. The molecule has 6 heteroatoms. The van der Waals surface area contributed by atoms with Gasteiger partial charge < -0.3 is 9.64 Å². The predicted octanol–water partition coefficient (Wildman–Crippen LogP) is 5.44. The summed E-state index contributed by atoms with van der Waals surface area (Å²) in [6.07, 6.45) is 10.6. The number of rotatable bonds is 5. The molecular formula is C28H26N4O2. The molecule has 1 amide bonds. The van der Waals surface area contributed by atoms with Gasteiger partial charge in [-0.3, -0.25) is 9.78 Å². The minimum absolute atomic E-state index is 0.0951. The number of pyridine rings is 1. The summed E-state index contributed by atoms with van der Waals surface area (Å²) in [7, 11) is 0.